The number of hydrogen-bond acceptors (Lipinski definition) is 4. The van der Waals surface area contributed by atoms with Gasteiger partial charge in [-0.2, -0.15) is 0 Å². The van der Waals surface area contributed by atoms with Gasteiger partial charge in [0.2, 0.25) is 6.79 Å². The van der Waals surface area contributed by atoms with Crippen molar-refractivity contribution >= 4 is 5.91 Å². The lowest BCUT2D eigenvalue weighted by atomic mass is 10.0. The number of rotatable bonds is 6. The van der Waals surface area contributed by atoms with E-state index in [1.54, 1.807) is 42.3 Å². The summed E-state index contributed by atoms with van der Waals surface area (Å²) in [4.78, 5) is 14.6. The van der Waals surface area contributed by atoms with E-state index in [2.05, 4.69) is 0 Å². The van der Waals surface area contributed by atoms with Gasteiger partial charge in [0.1, 0.15) is 5.82 Å². The largest absolute Gasteiger partial charge is 0.454 e. The van der Waals surface area contributed by atoms with Crippen LogP contribution in [0.5, 0.6) is 11.5 Å². The molecule has 0 radical (unpaired) electrons. The molecule has 2 aromatic carbocycles. The summed E-state index contributed by atoms with van der Waals surface area (Å²) >= 11 is 0. The van der Waals surface area contributed by atoms with Gasteiger partial charge in [-0.3, -0.25) is 4.79 Å². The van der Waals surface area contributed by atoms with Gasteiger partial charge in [0, 0.05) is 13.1 Å². The lowest BCUT2D eigenvalue weighted by Crippen LogP contribution is -2.40. The van der Waals surface area contributed by atoms with E-state index in [0.29, 0.717) is 36.4 Å². The molecule has 2 aromatic rings. The van der Waals surface area contributed by atoms with Gasteiger partial charge in [-0.15, -0.1) is 0 Å². The summed E-state index contributed by atoms with van der Waals surface area (Å²) in [6, 6.07) is 11.5. The van der Waals surface area contributed by atoms with Crippen LogP contribution in [0.25, 0.3) is 0 Å². The van der Waals surface area contributed by atoms with Crippen LogP contribution in [-0.2, 0) is 6.42 Å². The maximum Gasteiger partial charge on any atom is 0.257 e. The highest BCUT2D eigenvalue weighted by Gasteiger charge is 2.27. The van der Waals surface area contributed by atoms with Crippen molar-refractivity contribution in [3.8, 4) is 11.5 Å². The minimum Gasteiger partial charge on any atom is -0.454 e. The number of fused-ring (bicyclic) bond motifs is 1. The fourth-order valence-electron chi connectivity index (χ4n) is 2.97. The van der Waals surface area contributed by atoms with Gasteiger partial charge in [-0.1, -0.05) is 18.2 Å². The number of amides is 1. The molecule has 2 N–H and O–H groups in total. The van der Waals surface area contributed by atoms with Crippen LogP contribution in [0.15, 0.2) is 42.5 Å². The van der Waals surface area contributed by atoms with E-state index in [4.69, 9.17) is 15.2 Å². The third-order valence-electron chi connectivity index (χ3n) is 4.38. The summed E-state index contributed by atoms with van der Waals surface area (Å²) in [6.07, 6.45) is 1.25. The summed E-state index contributed by atoms with van der Waals surface area (Å²) in [7, 11) is 1.75. The number of benzene rings is 2. The summed E-state index contributed by atoms with van der Waals surface area (Å²) in [5.74, 6) is 0.629. The zero-order valence-electron chi connectivity index (χ0n) is 14.1. The van der Waals surface area contributed by atoms with Gasteiger partial charge >= 0.3 is 0 Å². The van der Waals surface area contributed by atoms with Crippen molar-refractivity contribution in [3.63, 3.8) is 0 Å². The van der Waals surface area contributed by atoms with E-state index in [9.17, 15) is 9.18 Å². The molecule has 0 bridgehead atoms. The second kappa shape index (κ2) is 7.53. The summed E-state index contributed by atoms with van der Waals surface area (Å²) in [6.45, 7) is 0.571. The molecule has 1 heterocycles. The highest BCUT2D eigenvalue weighted by molar-refractivity contribution is 5.98. The van der Waals surface area contributed by atoms with Crippen LogP contribution in [0.2, 0.25) is 0 Å². The molecule has 0 saturated carbocycles. The average Bonchev–Trinajstić information content (AvgIpc) is 3.10. The zero-order valence-corrected chi connectivity index (χ0v) is 14.1. The number of nitrogens with zero attached hydrogens (tertiary/aromatic N) is 1. The fraction of sp³-hybridized carbons (Fsp3) is 0.316. The zero-order chi connectivity index (χ0) is 17.8. The maximum absolute atomic E-state index is 13.1. The normalized spacial score (nSPS) is 13.6. The van der Waals surface area contributed by atoms with Crippen LogP contribution in [0.3, 0.4) is 0 Å². The molecule has 5 nitrogen and oxygen atoms in total. The van der Waals surface area contributed by atoms with Crippen LogP contribution >= 0.6 is 0 Å². The molecule has 3 rings (SSSR count). The number of hydrogen-bond donors (Lipinski definition) is 1. The third-order valence-corrected chi connectivity index (χ3v) is 4.38. The molecule has 1 unspecified atom stereocenters. The van der Waals surface area contributed by atoms with Crippen molar-refractivity contribution in [1.29, 1.82) is 0 Å². The molecule has 6 heteroatoms. The highest BCUT2D eigenvalue weighted by atomic mass is 19.1. The second-order valence-electron chi connectivity index (χ2n) is 6.02. The van der Waals surface area contributed by atoms with E-state index in [-0.39, 0.29) is 24.6 Å². The van der Waals surface area contributed by atoms with Crippen LogP contribution in [-0.4, -0.2) is 37.2 Å². The van der Waals surface area contributed by atoms with Gasteiger partial charge in [0.05, 0.1) is 5.56 Å². The summed E-state index contributed by atoms with van der Waals surface area (Å²) in [5, 5.41) is 0. The topological polar surface area (TPSA) is 64.8 Å². The first kappa shape index (κ1) is 17.2. The Kier molecular flexibility index (Phi) is 5.19. The van der Waals surface area contributed by atoms with Crippen molar-refractivity contribution in [1.82, 2.24) is 4.90 Å². The van der Waals surface area contributed by atoms with Crippen molar-refractivity contribution in [2.24, 2.45) is 5.73 Å². The van der Waals surface area contributed by atoms with E-state index in [1.165, 1.54) is 12.1 Å². The van der Waals surface area contributed by atoms with Crippen LogP contribution in [0.1, 0.15) is 22.3 Å². The molecule has 0 aromatic heterocycles. The Labute approximate surface area is 146 Å². The molecule has 1 aliphatic rings. The quantitative estimate of drug-likeness (QED) is 0.875. The summed E-state index contributed by atoms with van der Waals surface area (Å²) in [5.41, 5.74) is 7.16. The van der Waals surface area contributed by atoms with Gasteiger partial charge in [0.15, 0.2) is 11.5 Å². The number of halogens is 1. The van der Waals surface area contributed by atoms with Gasteiger partial charge in [0.25, 0.3) is 5.91 Å². The first-order valence-electron chi connectivity index (χ1n) is 8.20. The first-order chi connectivity index (χ1) is 12.1. The smallest absolute Gasteiger partial charge is 0.257 e. The Hall–Kier alpha value is -2.60. The van der Waals surface area contributed by atoms with E-state index in [1.807, 2.05) is 0 Å². The Morgan fingerprint density at radius 1 is 1.24 bits per heavy atom. The Bertz CT molecular complexity index is 749. The minimum absolute atomic E-state index is 0.0962. The Morgan fingerprint density at radius 2 is 2.00 bits per heavy atom. The number of carbonyl (C=O) groups excluding carboxylic acids is 1. The predicted molar refractivity (Wildman–Crippen MR) is 92.2 cm³/mol. The molecule has 25 heavy (non-hydrogen) atoms. The molecule has 1 atom stereocenters. The predicted octanol–water partition coefficient (Wildman–Crippen LogP) is 2.59. The SMILES string of the molecule is CN(C(=O)c1cccc2c1OCO2)C(CCN)Cc1ccc(F)cc1. The van der Waals surface area contributed by atoms with Crippen molar-refractivity contribution < 1.29 is 18.7 Å². The summed E-state index contributed by atoms with van der Waals surface area (Å²) < 4.78 is 23.9. The lowest BCUT2D eigenvalue weighted by Gasteiger charge is -2.28. The van der Waals surface area contributed by atoms with Gasteiger partial charge < -0.3 is 20.1 Å². The van der Waals surface area contributed by atoms with Gasteiger partial charge in [-0.25, -0.2) is 4.39 Å². The maximum atomic E-state index is 13.1. The highest BCUT2D eigenvalue weighted by Crippen LogP contribution is 2.36. The number of carbonyl (C=O) groups is 1. The first-order valence-corrected chi connectivity index (χ1v) is 8.20. The van der Waals surface area contributed by atoms with Crippen molar-refractivity contribution in [2.45, 2.75) is 18.9 Å². The number of ether oxygens (including phenoxy) is 2. The van der Waals surface area contributed by atoms with Gasteiger partial charge in [-0.05, 0) is 49.2 Å². The molecular weight excluding hydrogens is 323 g/mol. The molecular formula is C19H21FN2O3. The molecule has 0 spiro atoms. The van der Waals surface area contributed by atoms with E-state index < -0.39 is 0 Å². The van der Waals surface area contributed by atoms with Crippen LogP contribution < -0.4 is 15.2 Å². The molecule has 1 aliphatic heterocycles. The minimum atomic E-state index is -0.277. The average molecular weight is 344 g/mol. The second-order valence-corrected chi connectivity index (χ2v) is 6.02. The Morgan fingerprint density at radius 3 is 2.72 bits per heavy atom. The monoisotopic (exact) mass is 344 g/mol. The Balaban J connectivity index is 1.80. The molecule has 132 valence electrons. The third kappa shape index (κ3) is 3.74. The number of para-hydroxylation sites is 1. The number of likely N-dealkylation sites (N-methyl/N-ethyl adjacent to an activating group) is 1. The molecule has 1 amide bonds. The number of nitrogens with two attached hydrogens (primary N) is 1. The van der Waals surface area contributed by atoms with E-state index >= 15 is 0 Å². The van der Waals surface area contributed by atoms with Crippen molar-refractivity contribution in [3.05, 3.63) is 59.4 Å². The standard InChI is InChI=1S/C19H21FN2O3/c1-22(15(9-10-21)11-13-5-7-14(20)8-6-13)19(23)16-3-2-4-17-18(16)25-12-24-17/h2-8,15H,9-12,21H2,1H3. The van der Waals surface area contributed by atoms with E-state index in [0.717, 1.165) is 5.56 Å². The van der Waals surface area contributed by atoms with Crippen molar-refractivity contribution in [2.75, 3.05) is 20.4 Å². The molecule has 0 fully saturated rings. The fourth-order valence-corrected chi connectivity index (χ4v) is 2.97. The lowest BCUT2D eigenvalue weighted by molar-refractivity contribution is 0.0720. The van der Waals surface area contributed by atoms with Crippen LogP contribution in [0.4, 0.5) is 4.39 Å². The molecule has 0 saturated heterocycles. The van der Waals surface area contributed by atoms with Crippen LogP contribution in [0, 0.1) is 5.82 Å². The molecule has 0 aliphatic carbocycles.